The van der Waals surface area contributed by atoms with Crippen LogP contribution in [0.5, 0.6) is 0 Å². The van der Waals surface area contributed by atoms with Crippen molar-refractivity contribution in [3.8, 4) is 0 Å². The normalized spacial score (nSPS) is 32.8. The van der Waals surface area contributed by atoms with Crippen LogP contribution in [-0.4, -0.2) is 45.9 Å². The van der Waals surface area contributed by atoms with Crippen LogP contribution in [0.25, 0.3) is 0 Å². The molecular weight excluding hydrogens is 259 g/mol. The van der Waals surface area contributed by atoms with E-state index in [2.05, 4.69) is 19.9 Å². The van der Waals surface area contributed by atoms with Crippen LogP contribution in [0, 0.1) is 0 Å². The third kappa shape index (κ3) is 3.05. The Morgan fingerprint density at radius 2 is 2.35 bits per heavy atom. The lowest BCUT2D eigenvalue weighted by Crippen LogP contribution is -2.36. The second-order valence-electron chi connectivity index (χ2n) is 4.50. The predicted octanol–water partition coefficient (Wildman–Crippen LogP) is 0.650. The van der Waals surface area contributed by atoms with E-state index in [1.807, 2.05) is 11.8 Å². The number of amides is 2. The molecule has 0 aliphatic carbocycles. The first-order chi connectivity index (χ1) is 8.08. The molecule has 7 heteroatoms. The van der Waals surface area contributed by atoms with E-state index in [0.717, 1.165) is 18.6 Å². The van der Waals surface area contributed by atoms with Gasteiger partial charge in [-0.2, -0.15) is 11.8 Å². The van der Waals surface area contributed by atoms with Crippen LogP contribution >= 0.6 is 21.0 Å². The van der Waals surface area contributed by atoms with Crippen molar-refractivity contribution >= 4 is 33.0 Å². The molecule has 2 rings (SSSR count). The van der Waals surface area contributed by atoms with Crippen molar-refractivity contribution in [2.45, 2.75) is 42.3 Å². The number of hydrogen-bond donors (Lipinski definition) is 3. The summed E-state index contributed by atoms with van der Waals surface area (Å²) in [5, 5.41) is 15.0. The SMILES string of the molecule is O=C1N[C@H]2[C@H](CS[C@H]2CCCC(P)C(=O)O)N1. The maximum atomic E-state index is 11.2. The zero-order chi connectivity index (χ0) is 12.4. The van der Waals surface area contributed by atoms with Crippen LogP contribution in [0.1, 0.15) is 19.3 Å². The second kappa shape index (κ2) is 5.44. The van der Waals surface area contributed by atoms with Crippen LogP contribution in [0.3, 0.4) is 0 Å². The average Bonchev–Trinajstić information content (AvgIpc) is 2.78. The minimum atomic E-state index is -0.761. The van der Waals surface area contributed by atoms with Crippen LogP contribution in [0.15, 0.2) is 0 Å². The zero-order valence-corrected chi connectivity index (χ0v) is 11.4. The highest BCUT2D eigenvalue weighted by Crippen LogP contribution is 2.33. The maximum absolute atomic E-state index is 11.2. The Balaban J connectivity index is 1.73. The van der Waals surface area contributed by atoms with Gasteiger partial charge in [-0.05, 0) is 12.8 Å². The van der Waals surface area contributed by atoms with Gasteiger partial charge in [0.25, 0.3) is 0 Å². The van der Waals surface area contributed by atoms with E-state index in [1.165, 1.54) is 0 Å². The minimum Gasteiger partial charge on any atom is -0.481 e. The van der Waals surface area contributed by atoms with Crippen LogP contribution in [0.2, 0.25) is 0 Å². The van der Waals surface area contributed by atoms with E-state index >= 15 is 0 Å². The smallest absolute Gasteiger partial charge is 0.315 e. The van der Waals surface area contributed by atoms with Crippen LogP contribution < -0.4 is 10.6 Å². The molecule has 2 unspecified atom stereocenters. The highest BCUT2D eigenvalue weighted by atomic mass is 32.2. The van der Waals surface area contributed by atoms with Crippen molar-refractivity contribution in [1.82, 2.24) is 10.6 Å². The van der Waals surface area contributed by atoms with Gasteiger partial charge in [-0.1, -0.05) is 6.42 Å². The van der Waals surface area contributed by atoms with Gasteiger partial charge in [0.2, 0.25) is 0 Å². The quantitative estimate of drug-likeness (QED) is 0.509. The number of aliphatic carboxylic acids is 1. The first kappa shape index (κ1) is 13.0. The van der Waals surface area contributed by atoms with Gasteiger partial charge in [-0.3, -0.25) is 4.79 Å². The lowest BCUT2D eigenvalue weighted by atomic mass is 10.0. The average molecular weight is 276 g/mol. The molecule has 96 valence electrons. The summed E-state index contributed by atoms with van der Waals surface area (Å²) < 4.78 is 0. The molecule has 0 aromatic rings. The lowest BCUT2D eigenvalue weighted by Gasteiger charge is -2.16. The molecule has 5 atom stereocenters. The monoisotopic (exact) mass is 276 g/mol. The molecule has 0 aromatic carbocycles. The van der Waals surface area contributed by atoms with E-state index in [1.54, 1.807) is 0 Å². The number of urea groups is 1. The maximum Gasteiger partial charge on any atom is 0.315 e. The van der Waals surface area contributed by atoms with Crippen LogP contribution in [-0.2, 0) is 4.79 Å². The molecule has 2 saturated heterocycles. The molecule has 0 radical (unpaired) electrons. The molecule has 0 aromatic heterocycles. The van der Waals surface area contributed by atoms with Gasteiger partial charge in [0.05, 0.1) is 17.7 Å². The minimum absolute atomic E-state index is 0.0697. The summed E-state index contributed by atoms with van der Waals surface area (Å²) >= 11 is 1.87. The summed E-state index contributed by atoms with van der Waals surface area (Å²) in [6, 6.07) is 0.406. The highest BCUT2D eigenvalue weighted by molar-refractivity contribution is 8.00. The van der Waals surface area contributed by atoms with E-state index in [0.29, 0.717) is 11.7 Å². The van der Waals surface area contributed by atoms with Gasteiger partial charge in [-0.15, -0.1) is 9.24 Å². The Kier molecular flexibility index (Phi) is 4.15. The number of carbonyl (C=O) groups is 2. The summed E-state index contributed by atoms with van der Waals surface area (Å²) in [5.41, 5.74) is -0.353. The van der Waals surface area contributed by atoms with Gasteiger partial charge in [-0.25, -0.2) is 4.79 Å². The third-order valence-corrected chi connectivity index (χ3v) is 5.39. The number of carboxylic acids is 1. The van der Waals surface area contributed by atoms with Crippen molar-refractivity contribution in [3.63, 3.8) is 0 Å². The molecule has 5 nitrogen and oxygen atoms in total. The van der Waals surface area contributed by atoms with Gasteiger partial charge < -0.3 is 15.7 Å². The Bertz CT molecular complexity index is 329. The van der Waals surface area contributed by atoms with Crippen molar-refractivity contribution in [2.75, 3.05) is 5.75 Å². The largest absolute Gasteiger partial charge is 0.481 e. The number of fused-ring (bicyclic) bond motifs is 1. The summed E-state index contributed by atoms with van der Waals surface area (Å²) in [6.07, 6.45) is 2.53. The van der Waals surface area contributed by atoms with Gasteiger partial charge in [0, 0.05) is 11.0 Å². The van der Waals surface area contributed by atoms with E-state index in [-0.39, 0.29) is 23.8 Å². The first-order valence-electron chi connectivity index (χ1n) is 5.75. The number of nitrogens with one attached hydrogen (secondary N) is 2. The Hall–Kier alpha value is -0.480. The summed E-state index contributed by atoms with van der Waals surface area (Å²) in [5.74, 6) is 0.194. The fraction of sp³-hybridized carbons (Fsp3) is 0.800. The number of hydrogen-bond acceptors (Lipinski definition) is 3. The molecule has 0 spiro atoms. The molecule has 0 bridgehead atoms. The number of carbonyl (C=O) groups excluding carboxylic acids is 1. The Morgan fingerprint density at radius 1 is 1.59 bits per heavy atom. The van der Waals surface area contributed by atoms with Crippen molar-refractivity contribution in [2.24, 2.45) is 0 Å². The molecule has 2 aliphatic rings. The molecule has 2 fully saturated rings. The van der Waals surface area contributed by atoms with Gasteiger partial charge in [0.1, 0.15) is 0 Å². The first-order valence-corrected chi connectivity index (χ1v) is 7.46. The molecule has 3 N–H and O–H groups in total. The van der Waals surface area contributed by atoms with Crippen molar-refractivity contribution < 1.29 is 14.7 Å². The Labute approximate surface area is 107 Å². The summed E-state index contributed by atoms with van der Waals surface area (Å²) in [6.45, 7) is 0. The third-order valence-electron chi connectivity index (χ3n) is 3.26. The van der Waals surface area contributed by atoms with E-state index in [4.69, 9.17) is 5.11 Å². The summed E-state index contributed by atoms with van der Waals surface area (Å²) in [7, 11) is 2.36. The Morgan fingerprint density at radius 3 is 3.06 bits per heavy atom. The molecule has 2 amide bonds. The molecule has 2 aliphatic heterocycles. The fourth-order valence-electron chi connectivity index (χ4n) is 2.31. The number of rotatable bonds is 5. The van der Waals surface area contributed by atoms with E-state index in [9.17, 15) is 9.59 Å². The molecule has 17 heavy (non-hydrogen) atoms. The van der Waals surface area contributed by atoms with Gasteiger partial charge >= 0.3 is 12.0 Å². The zero-order valence-electron chi connectivity index (χ0n) is 9.39. The number of thioether (sulfide) groups is 1. The van der Waals surface area contributed by atoms with E-state index < -0.39 is 5.97 Å². The van der Waals surface area contributed by atoms with Crippen molar-refractivity contribution in [1.29, 1.82) is 0 Å². The molecule has 0 saturated carbocycles. The second-order valence-corrected chi connectivity index (χ2v) is 6.57. The highest BCUT2D eigenvalue weighted by Gasteiger charge is 2.42. The summed E-state index contributed by atoms with van der Waals surface area (Å²) in [4.78, 5) is 21.8. The lowest BCUT2D eigenvalue weighted by molar-refractivity contribution is -0.136. The van der Waals surface area contributed by atoms with Gasteiger partial charge in [0.15, 0.2) is 0 Å². The predicted molar refractivity (Wildman–Crippen MR) is 70.5 cm³/mol. The van der Waals surface area contributed by atoms with Crippen molar-refractivity contribution in [3.05, 3.63) is 0 Å². The number of carboxylic acid groups (broad SMARTS) is 1. The molecular formula is C10H17N2O3PS. The topological polar surface area (TPSA) is 78.4 Å². The van der Waals surface area contributed by atoms with Crippen LogP contribution in [0.4, 0.5) is 4.79 Å². The molecule has 2 heterocycles. The standard InChI is InChI=1S/C10H17N2O3PS/c13-9(14)6(16)2-1-3-7-8-5(4-17-7)11-10(15)12-8/h5-8H,1-4,16H2,(H,13,14)(H2,11,12,15)/t5-,6?,7-,8-/m0/s1. The fourth-order valence-corrected chi connectivity index (χ4v) is 4.08.